The van der Waals surface area contributed by atoms with E-state index in [0.29, 0.717) is 5.82 Å². The van der Waals surface area contributed by atoms with E-state index in [9.17, 15) is 0 Å². The van der Waals surface area contributed by atoms with E-state index in [4.69, 9.17) is 9.97 Å². The summed E-state index contributed by atoms with van der Waals surface area (Å²) in [5.41, 5.74) is 4.23. The summed E-state index contributed by atoms with van der Waals surface area (Å²) in [6.45, 7) is 4.22. The van der Waals surface area contributed by atoms with Crippen molar-refractivity contribution in [3.8, 4) is 11.4 Å². The van der Waals surface area contributed by atoms with Crippen LogP contribution in [-0.4, -0.2) is 15.0 Å². The Morgan fingerprint density at radius 2 is 1.77 bits per heavy atom. The summed E-state index contributed by atoms with van der Waals surface area (Å²) in [6, 6.07) is 20.6. The molecule has 0 aliphatic carbocycles. The number of fused-ring (bicyclic) bond motifs is 1. The van der Waals surface area contributed by atoms with E-state index in [-0.39, 0.29) is 6.04 Å². The van der Waals surface area contributed by atoms with Crippen LogP contribution in [0.5, 0.6) is 0 Å². The van der Waals surface area contributed by atoms with Gasteiger partial charge in [-0.1, -0.05) is 42.0 Å². The third-order valence-electron chi connectivity index (χ3n) is 4.42. The number of nitrogens with zero attached hydrogens (tertiary/aromatic N) is 3. The lowest BCUT2D eigenvalue weighted by Gasteiger charge is -2.17. The van der Waals surface area contributed by atoms with Crippen LogP contribution in [0.3, 0.4) is 0 Å². The van der Waals surface area contributed by atoms with Crippen LogP contribution in [0.4, 0.5) is 5.82 Å². The van der Waals surface area contributed by atoms with Crippen molar-refractivity contribution in [3.63, 3.8) is 0 Å². The molecule has 0 spiro atoms. The van der Waals surface area contributed by atoms with E-state index in [2.05, 4.69) is 60.5 Å². The quantitative estimate of drug-likeness (QED) is 0.556. The predicted octanol–water partition coefficient (Wildman–Crippen LogP) is 5.17. The zero-order chi connectivity index (χ0) is 17.9. The molecule has 4 nitrogen and oxygen atoms in total. The van der Waals surface area contributed by atoms with Crippen molar-refractivity contribution in [2.45, 2.75) is 19.9 Å². The van der Waals surface area contributed by atoms with Crippen LogP contribution in [0.1, 0.15) is 24.1 Å². The number of benzene rings is 2. The Hall–Kier alpha value is -3.27. The van der Waals surface area contributed by atoms with Gasteiger partial charge in [0.1, 0.15) is 5.82 Å². The maximum Gasteiger partial charge on any atom is 0.163 e. The number of aromatic nitrogens is 3. The number of pyridine rings is 1. The van der Waals surface area contributed by atoms with E-state index in [1.54, 1.807) is 12.4 Å². The van der Waals surface area contributed by atoms with Crippen LogP contribution in [0.25, 0.3) is 22.3 Å². The van der Waals surface area contributed by atoms with Crippen LogP contribution in [-0.2, 0) is 0 Å². The summed E-state index contributed by atoms with van der Waals surface area (Å²) >= 11 is 0. The summed E-state index contributed by atoms with van der Waals surface area (Å²) in [5, 5.41) is 4.60. The Bertz CT molecular complexity index is 1030. The molecule has 1 unspecified atom stereocenters. The molecule has 0 radical (unpaired) electrons. The fraction of sp³-hybridized carbons (Fsp3) is 0.136. The second-order valence-corrected chi connectivity index (χ2v) is 6.43. The molecular weight excluding hydrogens is 320 g/mol. The number of rotatable bonds is 4. The normalized spacial score (nSPS) is 12.1. The second-order valence-electron chi connectivity index (χ2n) is 6.43. The molecule has 0 saturated carbocycles. The molecule has 2 heterocycles. The molecule has 1 N–H and O–H groups in total. The average Bonchev–Trinajstić information content (AvgIpc) is 2.69. The number of anilines is 1. The summed E-state index contributed by atoms with van der Waals surface area (Å²) in [4.78, 5) is 13.7. The van der Waals surface area contributed by atoms with Gasteiger partial charge in [-0.25, -0.2) is 9.97 Å². The van der Waals surface area contributed by atoms with Gasteiger partial charge in [-0.05, 0) is 43.7 Å². The third-order valence-corrected chi connectivity index (χ3v) is 4.42. The van der Waals surface area contributed by atoms with Crippen molar-refractivity contribution in [3.05, 3.63) is 84.2 Å². The van der Waals surface area contributed by atoms with Crippen molar-refractivity contribution >= 4 is 16.7 Å². The monoisotopic (exact) mass is 340 g/mol. The largest absolute Gasteiger partial charge is 0.363 e. The lowest BCUT2D eigenvalue weighted by Crippen LogP contribution is -2.09. The molecule has 4 heteroatoms. The van der Waals surface area contributed by atoms with Crippen LogP contribution < -0.4 is 5.32 Å². The van der Waals surface area contributed by atoms with Crippen molar-refractivity contribution in [1.82, 2.24) is 15.0 Å². The molecule has 0 fully saturated rings. The Balaban J connectivity index is 1.82. The summed E-state index contributed by atoms with van der Waals surface area (Å²) in [6.07, 6.45) is 3.55. The zero-order valence-corrected chi connectivity index (χ0v) is 14.8. The minimum absolute atomic E-state index is 0.136. The summed E-state index contributed by atoms with van der Waals surface area (Å²) in [5.74, 6) is 1.52. The first-order valence-electron chi connectivity index (χ1n) is 8.71. The lowest BCUT2D eigenvalue weighted by molar-refractivity contribution is 0.876. The number of aryl methyl sites for hydroxylation is 1. The Morgan fingerprint density at radius 1 is 0.923 bits per heavy atom. The van der Waals surface area contributed by atoms with E-state index in [1.807, 2.05) is 24.3 Å². The van der Waals surface area contributed by atoms with Crippen LogP contribution in [0, 0.1) is 6.92 Å². The van der Waals surface area contributed by atoms with Crippen molar-refractivity contribution < 1.29 is 0 Å². The first kappa shape index (κ1) is 16.2. The number of hydrogen-bond donors (Lipinski definition) is 1. The van der Waals surface area contributed by atoms with E-state index in [1.165, 1.54) is 11.1 Å². The number of hydrogen-bond acceptors (Lipinski definition) is 4. The predicted molar refractivity (Wildman–Crippen MR) is 106 cm³/mol. The first-order valence-corrected chi connectivity index (χ1v) is 8.71. The van der Waals surface area contributed by atoms with Gasteiger partial charge in [-0.3, -0.25) is 4.98 Å². The standard InChI is InChI=1S/C22H20N4/c1-15-10-11-20-19(13-15)22(24-16(2)17-7-4-3-5-8-17)26-21(25-20)18-9-6-12-23-14-18/h3-14,16H,1-2H3,(H,24,25,26). The van der Waals surface area contributed by atoms with Gasteiger partial charge in [0.15, 0.2) is 5.82 Å². The van der Waals surface area contributed by atoms with Crippen molar-refractivity contribution in [2.24, 2.45) is 0 Å². The highest BCUT2D eigenvalue weighted by molar-refractivity contribution is 5.91. The molecule has 26 heavy (non-hydrogen) atoms. The Labute approximate surface area is 153 Å². The fourth-order valence-corrected chi connectivity index (χ4v) is 3.01. The van der Waals surface area contributed by atoms with Gasteiger partial charge in [-0.15, -0.1) is 0 Å². The molecule has 0 amide bonds. The van der Waals surface area contributed by atoms with Crippen LogP contribution >= 0.6 is 0 Å². The van der Waals surface area contributed by atoms with Gasteiger partial charge in [-0.2, -0.15) is 0 Å². The molecule has 128 valence electrons. The maximum atomic E-state index is 4.82. The van der Waals surface area contributed by atoms with Gasteiger partial charge < -0.3 is 5.32 Å². The molecule has 1 atom stereocenters. The van der Waals surface area contributed by atoms with E-state index < -0.39 is 0 Å². The van der Waals surface area contributed by atoms with Crippen molar-refractivity contribution in [1.29, 1.82) is 0 Å². The van der Waals surface area contributed by atoms with Crippen LogP contribution in [0.2, 0.25) is 0 Å². The van der Waals surface area contributed by atoms with Gasteiger partial charge in [0, 0.05) is 29.4 Å². The summed E-state index contributed by atoms with van der Waals surface area (Å²) in [7, 11) is 0. The second kappa shape index (κ2) is 6.92. The van der Waals surface area contributed by atoms with E-state index in [0.717, 1.165) is 22.3 Å². The van der Waals surface area contributed by atoms with Crippen LogP contribution in [0.15, 0.2) is 73.1 Å². The Kier molecular flexibility index (Phi) is 4.32. The smallest absolute Gasteiger partial charge is 0.163 e. The lowest BCUT2D eigenvalue weighted by atomic mass is 10.1. The topological polar surface area (TPSA) is 50.7 Å². The molecule has 4 aromatic rings. The molecule has 2 aromatic carbocycles. The first-order chi connectivity index (χ1) is 12.7. The average molecular weight is 340 g/mol. The third kappa shape index (κ3) is 3.26. The molecule has 4 rings (SSSR count). The minimum Gasteiger partial charge on any atom is -0.363 e. The molecular formula is C22H20N4. The number of nitrogens with one attached hydrogen (secondary N) is 1. The van der Waals surface area contributed by atoms with Gasteiger partial charge in [0.2, 0.25) is 0 Å². The molecule has 0 saturated heterocycles. The molecule has 0 bridgehead atoms. The highest BCUT2D eigenvalue weighted by Crippen LogP contribution is 2.28. The molecule has 2 aromatic heterocycles. The zero-order valence-electron chi connectivity index (χ0n) is 14.8. The van der Waals surface area contributed by atoms with Gasteiger partial charge in [0.05, 0.1) is 5.52 Å². The molecule has 0 aliphatic heterocycles. The van der Waals surface area contributed by atoms with E-state index >= 15 is 0 Å². The van der Waals surface area contributed by atoms with Gasteiger partial charge >= 0.3 is 0 Å². The highest BCUT2D eigenvalue weighted by atomic mass is 15.1. The summed E-state index contributed by atoms with van der Waals surface area (Å²) < 4.78 is 0. The van der Waals surface area contributed by atoms with Gasteiger partial charge in [0.25, 0.3) is 0 Å². The highest BCUT2D eigenvalue weighted by Gasteiger charge is 2.13. The van der Waals surface area contributed by atoms with Crippen molar-refractivity contribution in [2.75, 3.05) is 5.32 Å². The SMILES string of the molecule is Cc1ccc2nc(-c3cccnc3)nc(NC(C)c3ccccc3)c2c1. The minimum atomic E-state index is 0.136. The molecule has 0 aliphatic rings. The fourth-order valence-electron chi connectivity index (χ4n) is 3.01. The Morgan fingerprint density at radius 3 is 2.54 bits per heavy atom. The maximum absolute atomic E-state index is 4.82.